The number of carbonyl (C=O) groups is 1. The summed E-state index contributed by atoms with van der Waals surface area (Å²) >= 11 is 0. The minimum Gasteiger partial charge on any atom is -0.268 e. The first-order valence-electron chi connectivity index (χ1n) is 5.13. The van der Waals surface area contributed by atoms with E-state index in [-0.39, 0.29) is 10.6 Å². The van der Waals surface area contributed by atoms with Crippen LogP contribution < -0.4 is 4.72 Å². The standard InChI is InChI=1S/C12H10N2O3S/c15-12(10-6-2-1-3-7-10)14-18(16,17)11-8-4-5-9-13-11/h1-9H,(H,14,15). The predicted molar refractivity (Wildman–Crippen MR) is 65.3 cm³/mol. The lowest BCUT2D eigenvalue weighted by molar-refractivity contribution is 0.0981. The molecule has 2 rings (SSSR count). The number of hydrogen-bond donors (Lipinski definition) is 1. The van der Waals surface area contributed by atoms with Crippen LogP contribution in [0.4, 0.5) is 0 Å². The molecule has 0 aliphatic rings. The van der Waals surface area contributed by atoms with Crippen molar-refractivity contribution < 1.29 is 13.2 Å². The third-order valence-electron chi connectivity index (χ3n) is 2.18. The summed E-state index contributed by atoms with van der Waals surface area (Å²) in [5.74, 6) is -0.679. The van der Waals surface area contributed by atoms with E-state index in [2.05, 4.69) is 4.98 Å². The molecule has 0 radical (unpaired) electrons. The molecule has 1 N–H and O–H groups in total. The van der Waals surface area contributed by atoms with Crippen molar-refractivity contribution >= 4 is 15.9 Å². The molecule has 0 bridgehead atoms. The Bertz CT molecular complexity index is 640. The van der Waals surface area contributed by atoms with Gasteiger partial charge >= 0.3 is 0 Å². The number of rotatable bonds is 3. The van der Waals surface area contributed by atoms with Gasteiger partial charge in [-0.15, -0.1) is 0 Å². The zero-order valence-electron chi connectivity index (χ0n) is 9.28. The average Bonchev–Trinajstić information content (AvgIpc) is 2.40. The van der Waals surface area contributed by atoms with E-state index >= 15 is 0 Å². The van der Waals surface area contributed by atoms with Gasteiger partial charge in [0.2, 0.25) is 0 Å². The third kappa shape index (κ3) is 2.72. The number of aromatic nitrogens is 1. The Hall–Kier alpha value is -2.21. The van der Waals surface area contributed by atoms with Crippen LogP contribution in [-0.4, -0.2) is 19.3 Å². The molecule has 1 amide bonds. The Balaban J connectivity index is 2.23. The van der Waals surface area contributed by atoms with Crippen LogP contribution in [0.1, 0.15) is 10.4 Å². The highest BCUT2D eigenvalue weighted by Gasteiger charge is 2.19. The van der Waals surface area contributed by atoms with Gasteiger partial charge in [0.05, 0.1) is 0 Å². The van der Waals surface area contributed by atoms with Crippen molar-refractivity contribution in [1.29, 1.82) is 0 Å². The van der Waals surface area contributed by atoms with Gasteiger partial charge in [-0.05, 0) is 24.3 Å². The van der Waals surface area contributed by atoms with Crippen molar-refractivity contribution in [2.45, 2.75) is 5.03 Å². The molecule has 0 aliphatic heterocycles. The van der Waals surface area contributed by atoms with Crippen LogP contribution >= 0.6 is 0 Å². The molecule has 0 unspecified atom stereocenters. The van der Waals surface area contributed by atoms with E-state index in [1.807, 2.05) is 4.72 Å². The van der Waals surface area contributed by atoms with Crippen molar-refractivity contribution in [2.24, 2.45) is 0 Å². The highest BCUT2D eigenvalue weighted by atomic mass is 32.2. The topological polar surface area (TPSA) is 76.1 Å². The smallest absolute Gasteiger partial charge is 0.268 e. The van der Waals surface area contributed by atoms with Gasteiger partial charge in [-0.1, -0.05) is 24.3 Å². The molecule has 0 saturated heterocycles. The number of hydrogen-bond acceptors (Lipinski definition) is 4. The lowest BCUT2D eigenvalue weighted by atomic mass is 10.2. The van der Waals surface area contributed by atoms with Gasteiger partial charge < -0.3 is 0 Å². The van der Waals surface area contributed by atoms with Crippen LogP contribution in [0.2, 0.25) is 0 Å². The minimum atomic E-state index is -3.92. The van der Waals surface area contributed by atoms with E-state index in [1.54, 1.807) is 24.3 Å². The van der Waals surface area contributed by atoms with Crippen LogP contribution in [0.25, 0.3) is 0 Å². The van der Waals surface area contributed by atoms with Gasteiger partial charge in [-0.25, -0.2) is 9.71 Å². The molecule has 0 fully saturated rings. The Labute approximate surface area is 105 Å². The van der Waals surface area contributed by atoms with Crippen LogP contribution in [0, 0.1) is 0 Å². The maximum atomic E-state index is 11.8. The molecule has 1 heterocycles. The van der Waals surface area contributed by atoms with Gasteiger partial charge in [-0.3, -0.25) is 4.79 Å². The largest absolute Gasteiger partial charge is 0.281 e. The van der Waals surface area contributed by atoms with E-state index in [4.69, 9.17) is 0 Å². The summed E-state index contributed by atoms with van der Waals surface area (Å²) in [6, 6.07) is 12.6. The maximum Gasteiger partial charge on any atom is 0.281 e. The molecule has 1 aromatic carbocycles. The number of pyridine rings is 1. The number of sulfonamides is 1. The molecular formula is C12H10N2O3S. The SMILES string of the molecule is O=C(NS(=O)(=O)c1ccccn1)c1ccccc1. The number of amides is 1. The zero-order valence-corrected chi connectivity index (χ0v) is 10.1. The fraction of sp³-hybridized carbons (Fsp3) is 0. The zero-order chi connectivity index (χ0) is 13.0. The van der Waals surface area contributed by atoms with Gasteiger partial charge in [0.25, 0.3) is 15.9 Å². The van der Waals surface area contributed by atoms with Crippen LogP contribution in [0.15, 0.2) is 59.8 Å². The monoisotopic (exact) mass is 262 g/mol. The van der Waals surface area contributed by atoms with E-state index in [9.17, 15) is 13.2 Å². The van der Waals surface area contributed by atoms with E-state index in [0.717, 1.165) is 0 Å². The summed E-state index contributed by atoms with van der Waals surface area (Å²) in [5, 5.41) is -0.186. The molecule has 0 spiro atoms. The van der Waals surface area contributed by atoms with Crippen molar-refractivity contribution in [3.63, 3.8) is 0 Å². The Kier molecular flexibility index (Phi) is 3.38. The molecule has 2 aromatic rings. The van der Waals surface area contributed by atoms with Crippen LogP contribution in [0.5, 0.6) is 0 Å². The Morgan fingerprint density at radius 1 is 1.00 bits per heavy atom. The van der Waals surface area contributed by atoms with Crippen LogP contribution in [-0.2, 0) is 10.0 Å². The van der Waals surface area contributed by atoms with E-state index in [0.29, 0.717) is 0 Å². The highest BCUT2D eigenvalue weighted by molar-refractivity contribution is 7.90. The molecule has 5 nitrogen and oxygen atoms in total. The summed E-state index contributed by atoms with van der Waals surface area (Å²) in [6.45, 7) is 0. The summed E-state index contributed by atoms with van der Waals surface area (Å²) in [7, 11) is -3.92. The fourth-order valence-corrected chi connectivity index (χ4v) is 2.25. The second-order valence-corrected chi connectivity index (χ2v) is 5.10. The van der Waals surface area contributed by atoms with Gasteiger partial charge in [0, 0.05) is 11.8 Å². The third-order valence-corrected chi connectivity index (χ3v) is 3.42. The summed E-state index contributed by atoms with van der Waals surface area (Å²) < 4.78 is 25.6. The number of benzene rings is 1. The molecule has 92 valence electrons. The molecule has 18 heavy (non-hydrogen) atoms. The average molecular weight is 262 g/mol. The second kappa shape index (κ2) is 4.97. The molecule has 0 aliphatic carbocycles. The second-order valence-electron chi connectivity index (χ2n) is 3.47. The lowest BCUT2D eigenvalue weighted by Crippen LogP contribution is -2.31. The van der Waals surface area contributed by atoms with Gasteiger partial charge in [0.1, 0.15) is 0 Å². The molecule has 0 saturated carbocycles. The first-order valence-corrected chi connectivity index (χ1v) is 6.61. The maximum absolute atomic E-state index is 11.8. The molecule has 0 atom stereocenters. The normalized spacial score (nSPS) is 10.9. The minimum absolute atomic E-state index is 0.186. The van der Waals surface area contributed by atoms with E-state index < -0.39 is 15.9 Å². The van der Waals surface area contributed by atoms with Crippen LogP contribution in [0.3, 0.4) is 0 Å². The Morgan fingerprint density at radius 3 is 2.28 bits per heavy atom. The summed E-state index contributed by atoms with van der Waals surface area (Å²) in [6.07, 6.45) is 1.35. The molecular weight excluding hydrogens is 252 g/mol. The van der Waals surface area contributed by atoms with Crippen molar-refractivity contribution in [1.82, 2.24) is 9.71 Å². The first-order chi connectivity index (χ1) is 8.59. The number of nitrogens with zero attached hydrogens (tertiary/aromatic N) is 1. The predicted octanol–water partition coefficient (Wildman–Crippen LogP) is 1.20. The van der Waals surface area contributed by atoms with Crippen molar-refractivity contribution in [3.05, 3.63) is 60.3 Å². The summed E-state index contributed by atoms with van der Waals surface area (Å²) in [5.41, 5.74) is 0.275. The highest BCUT2D eigenvalue weighted by Crippen LogP contribution is 2.05. The number of nitrogens with one attached hydrogen (secondary N) is 1. The van der Waals surface area contributed by atoms with Crippen molar-refractivity contribution in [2.75, 3.05) is 0 Å². The molecule has 1 aromatic heterocycles. The quantitative estimate of drug-likeness (QED) is 0.901. The summed E-state index contributed by atoms with van der Waals surface area (Å²) in [4.78, 5) is 15.4. The van der Waals surface area contributed by atoms with Gasteiger partial charge in [0.15, 0.2) is 5.03 Å². The molecule has 6 heteroatoms. The van der Waals surface area contributed by atoms with Gasteiger partial charge in [-0.2, -0.15) is 8.42 Å². The van der Waals surface area contributed by atoms with E-state index in [1.165, 1.54) is 30.5 Å². The lowest BCUT2D eigenvalue weighted by Gasteiger charge is -2.05. The Morgan fingerprint density at radius 2 is 1.67 bits per heavy atom. The number of carbonyl (C=O) groups excluding carboxylic acids is 1. The van der Waals surface area contributed by atoms with Crippen molar-refractivity contribution in [3.8, 4) is 0 Å². The first kappa shape index (κ1) is 12.3. The fourth-order valence-electron chi connectivity index (χ4n) is 1.33.